The minimum Gasteiger partial charge on any atom is -0.353 e. The fourth-order valence-corrected chi connectivity index (χ4v) is 5.90. The third kappa shape index (κ3) is 4.20. The lowest BCUT2D eigenvalue weighted by Gasteiger charge is -2.35. The molecule has 8 heteroatoms. The quantitative estimate of drug-likeness (QED) is 0.748. The van der Waals surface area contributed by atoms with Crippen LogP contribution in [0.15, 0.2) is 53.6 Å². The van der Waals surface area contributed by atoms with Gasteiger partial charge in [0.2, 0.25) is 10.0 Å². The van der Waals surface area contributed by atoms with Crippen molar-refractivity contribution in [1.82, 2.24) is 14.2 Å². The molecule has 0 saturated carbocycles. The number of piperidine rings is 1. The van der Waals surface area contributed by atoms with Gasteiger partial charge in [0.05, 0.1) is 4.90 Å². The van der Waals surface area contributed by atoms with E-state index in [0.29, 0.717) is 25.2 Å². The van der Waals surface area contributed by atoms with Crippen molar-refractivity contribution in [3.63, 3.8) is 0 Å². The standard InChI is InChI=1S/C22H28N4O3S/c1-18-6-3-5-13-26(18)30(28,29)20-10-8-19(9-11-20)22(27)25-16-14-24(15-17-25)21-7-2-4-12-23-21/h2,4,7-12,18H,3,5-6,13-17H2,1H3. The second-order valence-electron chi connectivity index (χ2n) is 7.95. The summed E-state index contributed by atoms with van der Waals surface area (Å²) < 4.78 is 27.5. The topological polar surface area (TPSA) is 73.8 Å². The molecule has 1 unspecified atom stereocenters. The first-order chi connectivity index (χ1) is 14.5. The largest absolute Gasteiger partial charge is 0.353 e. The average molecular weight is 429 g/mol. The normalized spacial score (nSPS) is 20.9. The molecule has 1 aromatic heterocycles. The van der Waals surface area contributed by atoms with E-state index in [-0.39, 0.29) is 16.8 Å². The monoisotopic (exact) mass is 428 g/mol. The fourth-order valence-electron chi connectivity index (χ4n) is 4.20. The Morgan fingerprint density at radius 1 is 0.967 bits per heavy atom. The third-order valence-electron chi connectivity index (χ3n) is 5.99. The number of hydrogen-bond donors (Lipinski definition) is 0. The molecular formula is C22H28N4O3S. The number of anilines is 1. The molecule has 2 saturated heterocycles. The van der Waals surface area contributed by atoms with Gasteiger partial charge in [-0.2, -0.15) is 4.31 Å². The minimum absolute atomic E-state index is 0.0143. The lowest BCUT2D eigenvalue weighted by molar-refractivity contribution is 0.0746. The molecule has 0 spiro atoms. The van der Waals surface area contributed by atoms with Crippen molar-refractivity contribution >= 4 is 21.7 Å². The van der Waals surface area contributed by atoms with E-state index in [1.54, 1.807) is 34.8 Å². The summed E-state index contributed by atoms with van der Waals surface area (Å²) >= 11 is 0. The van der Waals surface area contributed by atoms with E-state index in [9.17, 15) is 13.2 Å². The molecule has 160 valence electrons. The van der Waals surface area contributed by atoms with E-state index in [1.165, 1.54) is 0 Å². The van der Waals surface area contributed by atoms with Crippen LogP contribution in [0, 0.1) is 0 Å². The number of sulfonamides is 1. The maximum atomic E-state index is 13.0. The van der Waals surface area contributed by atoms with Crippen molar-refractivity contribution in [3.05, 3.63) is 54.2 Å². The molecule has 4 rings (SSSR count). The third-order valence-corrected chi connectivity index (χ3v) is 8.02. The number of pyridine rings is 1. The lowest BCUT2D eigenvalue weighted by Crippen LogP contribution is -2.49. The second kappa shape index (κ2) is 8.73. The van der Waals surface area contributed by atoms with Gasteiger partial charge in [0.15, 0.2) is 0 Å². The van der Waals surface area contributed by atoms with Gasteiger partial charge < -0.3 is 9.80 Å². The van der Waals surface area contributed by atoms with Gasteiger partial charge in [-0.15, -0.1) is 0 Å². The first kappa shape index (κ1) is 20.8. The SMILES string of the molecule is CC1CCCCN1S(=O)(=O)c1ccc(C(=O)N2CCN(c3ccccn3)CC2)cc1. The molecule has 2 fully saturated rings. The van der Waals surface area contributed by atoms with E-state index < -0.39 is 10.0 Å². The molecule has 1 atom stereocenters. The van der Waals surface area contributed by atoms with Crippen LogP contribution >= 0.6 is 0 Å². The van der Waals surface area contributed by atoms with E-state index >= 15 is 0 Å². The first-order valence-electron chi connectivity index (χ1n) is 10.5. The molecule has 0 N–H and O–H groups in total. The van der Waals surface area contributed by atoms with Crippen LogP contribution in [0.5, 0.6) is 0 Å². The minimum atomic E-state index is -3.52. The molecule has 2 aromatic rings. The highest BCUT2D eigenvalue weighted by molar-refractivity contribution is 7.89. The van der Waals surface area contributed by atoms with Crippen molar-refractivity contribution in [2.75, 3.05) is 37.6 Å². The van der Waals surface area contributed by atoms with Crippen molar-refractivity contribution in [2.24, 2.45) is 0 Å². The van der Waals surface area contributed by atoms with Crippen molar-refractivity contribution < 1.29 is 13.2 Å². The van der Waals surface area contributed by atoms with Crippen molar-refractivity contribution in [3.8, 4) is 0 Å². The van der Waals surface area contributed by atoms with Gasteiger partial charge >= 0.3 is 0 Å². The van der Waals surface area contributed by atoms with Crippen molar-refractivity contribution in [1.29, 1.82) is 0 Å². The predicted octanol–water partition coefficient (Wildman–Crippen LogP) is 2.61. The smallest absolute Gasteiger partial charge is 0.253 e. The van der Waals surface area contributed by atoms with Gasteiger partial charge in [-0.3, -0.25) is 4.79 Å². The van der Waals surface area contributed by atoms with Crippen LogP contribution in [-0.4, -0.2) is 67.3 Å². The number of piperazine rings is 1. The zero-order chi connectivity index (χ0) is 21.1. The molecule has 0 aliphatic carbocycles. The van der Waals surface area contributed by atoms with Crippen molar-refractivity contribution in [2.45, 2.75) is 37.1 Å². The summed E-state index contributed by atoms with van der Waals surface area (Å²) in [4.78, 5) is 21.5. The number of nitrogens with zero attached hydrogens (tertiary/aromatic N) is 4. The summed E-state index contributed by atoms with van der Waals surface area (Å²) in [5.74, 6) is 0.858. The summed E-state index contributed by atoms with van der Waals surface area (Å²) in [7, 11) is -3.52. The van der Waals surface area contributed by atoms with E-state index in [1.807, 2.05) is 30.0 Å². The van der Waals surface area contributed by atoms with Crippen LogP contribution in [0.4, 0.5) is 5.82 Å². The van der Waals surface area contributed by atoms with Crippen LogP contribution in [0.2, 0.25) is 0 Å². The maximum absolute atomic E-state index is 13.0. The van der Waals surface area contributed by atoms with Crippen LogP contribution < -0.4 is 4.90 Å². The van der Waals surface area contributed by atoms with Gasteiger partial charge in [-0.05, 0) is 56.2 Å². The highest BCUT2D eigenvalue weighted by Gasteiger charge is 2.31. The molecule has 1 aromatic carbocycles. The molecule has 30 heavy (non-hydrogen) atoms. The first-order valence-corrected chi connectivity index (χ1v) is 12.0. The average Bonchev–Trinajstić information content (AvgIpc) is 2.79. The Hall–Kier alpha value is -2.45. The van der Waals surface area contributed by atoms with Gasteiger partial charge in [0.1, 0.15) is 5.82 Å². The highest BCUT2D eigenvalue weighted by Crippen LogP contribution is 2.25. The molecule has 7 nitrogen and oxygen atoms in total. The summed E-state index contributed by atoms with van der Waals surface area (Å²) in [6.07, 6.45) is 4.62. The van der Waals surface area contributed by atoms with Gasteiger partial charge in [0, 0.05) is 50.5 Å². The van der Waals surface area contributed by atoms with Gasteiger partial charge in [-0.25, -0.2) is 13.4 Å². The Balaban J connectivity index is 1.41. The summed E-state index contributed by atoms with van der Waals surface area (Å²) in [5.41, 5.74) is 0.520. The number of amides is 1. The molecule has 3 heterocycles. The molecule has 1 amide bonds. The molecule has 2 aliphatic rings. The Labute approximate surface area is 178 Å². The van der Waals surface area contributed by atoms with Crippen LogP contribution in [0.3, 0.4) is 0 Å². The van der Waals surface area contributed by atoms with Gasteiger partial charge in [-0.1, -0.05) is 12.5 Å². The second-order valence-corrected chi connectivity index (χ2v) is 9.84. The zero-order valence-electron chi connectivity index (χ0n) is 17.3. The Kier molecular flexibility index (Phi) is 6.06. The fraction of sp³-hybridized carbons (Fsp3) is 0.455. The molecule has 0 radical (unpaired) electrons. The molecule has 2 aliphatic heterocycles. The number of rotatable bonds is 4. The highest BCUT2D eigenvalue weighted by atomic mass is 32.2. The molecular weight excluding hydrogens is 400 g/mol. The van der Waals surface area contributed by atoms with Crippen LogP contribution in [0.25, 0.3) is 0 Å². The van der Waals surface area contributed by atoms with E-state index in [4.69, 9.17) is 0 Å². The lowest BCUT2D eigenvalue weighted by atomic mass is 10.1. The van der Waals surface area contributed by atoms with E-state index in [0.717, 1.165) is 38.2 Å². The summed E-state index contributed by atoms with van der Waals surface area (Å²) in [5, 5.41) is 0. The Morgan fingerprint density at radius 2 is 1.70 bits per heavy atom. The predicted molar refractivity (Wildman–Crippen MR) is 116 cm³/mol. The van der Waals surface area contributed by atoms with E-state index in [2.05, 4.69) is 9.88 Å². The molecule has 0 bridgehead atoms. The van der Waals surface area contributed by atoms with Crippen LogP contribution in [-0.2, 0) is 10.0 Å². The van der Waals surface area contributed by atoms with Crippen LogP contribution in [0.1, 0.15) is 36.5 Å². The number of carbonyl (C=O) groups excluding carboxylic acids is 1. The Morgan fingerprint density at radius 3 is 2.33 bits per heavy atom. The zero-order valence-corrected chi connectivity index (χ0v) is 18.1. The summed E-state index contributed by atoms with van der Waals surface area (Å²) in [6.45, 7) is 5.19. The number of hydrogen-bond acceptors (Lipinski definition) is 5. The maximum Gasteiger partial charge on any atom is 0.253 e. The number of carbonyl (C=O) groups is 1. The Bertz CT molecular complexity index is 971. The summed E-state index contributed by atoms with van der Waals surface area (Å²) in [6, 6.07) is 12.2. The number of benzene rings is 1. The number of aromatic nitrogens is 1. The van der Waals surface area contributed by atoms with Gasteiger partial charge in [0.25, 0.3) is 5.91 Å².